The van der Waals surface area contributed by atoms with Gasteiger partial charge in [0.1, 0.15) is 5.82 Å². The molecule has 0 bridgehead atoms. The average Bonchev–Trinajstić information content (AvgIpc) is 2.85. The number of furan rings is 1. The number of carbonyl (C=O) groups excluding carboxylic acids is 1. The molecule has 136 valence electrons. The summed E-state index contributed by atoms with van der Waals surface area (Å²) in [5.74, 6) is -3.97. The number of esters is 1. The van der Waals surface area contributed by atoms with Crippen molar-refractivity contribution in [2.45, 2.75) is 13.8 Å². The van der Waals surface area contributed by atoms with Crippen molar-refractivity contribution in [3.8, 4) is 22.8 Å². The second-order valence-corrected chi connectivity index (χ2v) is 7.73. The van der Waals surface area contributed by atoms with Crippen molar-refractivity contribution in [1.82, 2.24) is 0 Å². The standard InChI is InChI=1S/C15H15ClFNO6S/c1-4-25(21,22)18(3)15-14(23-8(2)19)12(20)13(24-15)10-7-9(16)5-6-11(10)17/h5-7,20H,4H2,1-3H3. The first-order valence-corrected chi connectivity index (χ1v) is 9.03. The molecule has 1 aromatic heterocycles. The van der Waals surface area contributed by atoms with E-state index in [1.807, 2.05) is 0 Å². The van der Waals surface area contributed by atoms with Gasteiger partial charge in [-0.25, -0.2) is 17.1 Å². The highest BCUT2D eigenvalue weighted by Gasteiger charge is 2.32. The first kappa shape index (κ1) is 19.1. The molecule has 1 aromatic carbocycles. The summed E-state index contributed by atoms with van der Waals surface area (Å²) in [6.45, 7) is 2.46. The number of aromatic hydroxyl groups is 1. The van der Waals surface area contributed by atoms with Crippen LogP contribution < -0.4 is 9.04 Å². The van der Waals surface area contributed by atoms with E-state index in [2.05, 4.69) is 0 Å². The van der Waals surface area contributed by atoms with Gasteiger partial charge in [0.25, 0.3) is 5.88 Å². The molecule has 2 aromatic rings. The number of carbonyl (C=O) groups is 1. The number of anilines is 1. The van der Waals surface area contributed by atoms with Crippen molar-refractivity contribution in [3.63, 3.8) is 0 Å². The highest BCUT2D eigenvalue weighted by atomic mass is 35.5. The fourth-order valence-corrected chi connectivity index (χ4v) is 2.95. The smallest absolute Gasteiger partial charge is 0.308 e. The van der Waals surface area contributed by atoms with E-state index < -0.39 is 45.0 Å². The largest absolute Gasteiger partial charge is 0.502 e. The molecule has 0 aliphatic carbocycles. The van der Waals surface area contributed by atoms with Crippen LogP contribution in [0, 0.1) is 5.82 Å². The molecule has 0 atom stereocenters. The number of halogens is 2. The van der Waals surface area contributed by atoms with E-state index in [9.17, 15) is 22.7 Å². The first-order valence-electron chi connectivity index (χ1n) is 7.04. The summed E-state index contributed by atoms with van der Waals surface area (Å²) in [5.41, 5.74) is -0.216. The summed E-state index contributed by atoms with van der Waals surface area (Å²) < 4.78 is 49.1. The molecule has 0 unspecified atom stereocenters. The number of ether oxygens (including phenoxy) is 1. The Balaban J connectivity index is 2.72. The topological polar surface area (TPSA) is 97.1 Å². The van der Waals surface area contributed by atoms with Gasteiger partial charge in [0.05, 0.1) is 11.3 Å². The molecule has 0 radical (unpaired) electrons. The number of sulfonamides is 1. The van der Waals surface area contributed by atoms with Crippen LogP contribution in [0.15, 0.2) is 22.6 Å². The van der Waals surface area contributed by atoms with E-state index in [1.54, 1.807) is 0 Å². The van der Waals surface area contributed by atoms with Crippen LogP contribution in [0.2, 0.25) is 5.02 Å². The molecule has 25 heavy (non-hydrogen) atoms. The Hall–Kier alpha value is -2.26. The Morgan fingerprint density at radius 2 is 2.08 bits per heavy atom. The molecule has 0 aliphatic heterocycles. The van der Waals surface area contributed by atoms with Crippen LogP contribution in [-0.4, -0.2) is 32.3 Å². The van der Waals surface area contributed by atoms with Gasteiger partial charge in [-0.3, -0.25) is 4.79 Å². The minimum absolute atomic E-state index is 0.164. The number of hydrogen-bond donors (Lipinski definition) is 1. The molecule has 0 fully saturated rings. The van der Waals surface area contributed by atoms with Gasteiger partial charge in [-0.05, 0) is 25.1 Å². The Bertz CT molecular complexity index is 924. The molecule has 1 N–H and O–H groups in total. The lowest BCUT2D eigenvalue weighted by Crippen LogP contribution is -2.28. The number of nitrogens with zero attached hydrogens (tertiary/aromatic N) is 1. The molecule has 10 heteroatoms. The molecule has 0 amide bonds. The molecule has 0 saturated heterocycles. The highest BCUT2D eigenvalue weighted by molar-refractivity contribution is 7.92. The predicted molar refractivity (Wildman–Crippen MR) is 89.9 cm³/mol. The molecule has 0 aliphatic rings. The third kappa shape index (κ3) is 3.72. The summed E-state index contributed by atoms with van der Waals surface area (Å²) in [5, 5.41) is 10.5. The van der Waals surface area contributed by atoms with Gasteiger partial charge in [0, 0.05) is 19.0 Å². The van der Waals surface area contributed by atoms with E-state index in [0.29, 0.717) is 4.31 Å². The fraction of sp³-hybridized carbons (Fsp3) is 0.267. The number of rotatable bonds is 5. The van der Waals surface area contributed by atoms with Crippen molar-refractivity contribution in [3.05, 3.63) is 29.0 Å². The minimum Gasteiger partial charge on any atom is -0.502 e. The van der Waals surface area contributed by atoms with Gasteiger partial charge in [-0.1, -0.05) is 11.6 Å². The van der Waals surface area contributed by atoms with Crippen molar-refractivity contribution >= 4 is 33.5 Å². The summed E-state index contributed by atoms with van der Waals surface area (Å²) in [6, 6.07) is 3.53. The Morgan fingerprint density at radius 1 is 1.44 bits per heavy atom. The third-order valence-corrected chi connectivity index (χ3v) is 5.28. The monoisotopic (exact) mass is 391 g/mol. The molecule has 0 saturated carbocycles. The van der Waals surface area contributed by atoms with Crippen molar-refractivity contribution in [1.29, 1.82) is 0 Å². The molecule has 0 spiro atoms. The van der Waals surface area contributed by atoms with Crippen LogP contribution in [0.25, 0.3) is 11.3 Å². The van der Waals surface area contributed by atoms with Crippen molar-refractivity contribution in [2.75, 3.05) is 17.1 Å². The average molecular weight is 392 g/mol. The zero-order valence-corrected chi connectivity index (χ0v) is 15.1. The lowest BCUT2D eigenvalue weighted by molar-refractivity contribution is -0.132. The Kier molecular flexibility index (Phi) is 5.28. The molecule has 1 heterocycles. The van der Waals surface area contributed by atoms with E-state index in [1.165, 1.54) is 19.1 Å². The van der Waals surface area contributed by atoms with E-state index in [-0.39, 0.29) is 16.3 Å². The lowest BCUT2D eigenvalue weighted by Gasteiger charge is -2.16. The lowest BCUT2D eigenvalue weighted by atomic mass is 10.1. The minimum atomic E-state index is -3.80. The van der Waals surface area contributed by atoms with Gasteiger partial charge in [0.2, 0.25) is 21.5 Å². The molecular weight excluding hydrogens is 377 g/mol. The van der Waals surface area contributed by atoms with Crippen molar-refractivity contribution in [2.24, 2.45) is 0 Å². The molecule has 7 nitrogen and oxygen atoms in total. The fourth-order valence-electron chi connectivity index (χ4n) is 2.01. The maximum absolute atomic E-state index is 14.1. The van der Waals surface area contributed by atoms with Gasteiger partial charge >= 0.3 is 5.97 Å². The van der Waals surface area contributed by atoms with Crippen LogP contribution in [0.5, 0.6) is 11.5 Å². The second-order valence-electron chi connectivity index (χ2n) is 5.00. The zero-order valence-electron chi connectivity index (χ0n) is 13.5. The van der Waals surface area contributed by atoms with Gasteiger partial charge < -0.3 is 14.3 Å². The van der Waals surface area contributed by atoms with Gasteiger partial charge in [0.15, 0.2) is 5.76 Å². The maximum atomic E-state index is 14.1. The van der Waals surface area contributed by atoms with Gasteiger partial charge in [-0.15, -0.1) is 0 Å². The Labute approximate surface area is 148 Å². The van der Waals surface area contributed by atoms with Crippen LogP contribution in [-0.2, 0) is 14.8 Å². The maximum Gasteiger partial charge on any atom is 0.308 e. The quantitative estimate of drug-likeness (QED) is 0.786. The first-order chi connectivity index (χ1) is 11.6. The van der Waals surface area contributed by atoms with Gasteiger partial charge in [-0.2, -0.15) is 0 Å². The number of benzene rings is 1. The van der Waals surface area contributed by atoms with Crippen LogP contribution in [0.3, 0.4) is 0 Å². The number of hydrogen-bond acceptors (Lipinski definition) is 6. The SMILES string of the molecule is CCS(=O)(=O)N(C)c1oc(-c2cc(Cl)ccc2F)c(O)c1OC(C)=O. The van der Waals surface area contributed by atoms with E-state index in [0.717, 1.165) is 20.0 Å². The Morgan fingerprint density at radius 3 is 2.64 bits per heavy atom. The third-order valence-electron chi connectivity index (χ3n) is 3.31. The normalized spacial score (nSPS) is 11.4. The molecular formula is C15H15ClFNO6S. The summed E-state index contributed by atoms with van der Waals surface area (Å²) in [7, 11) is -2.64. The van der Waals surface area contributed by atoms with E-state index >= 15 is 0 Å². The second kappa shape index (κ2) is 6.93. The highest BCUT2D eigenvalue weighted by Crippen LogP contribution is 2.48. The predicted octanol–water partition coefficient (Wildman–Crippen LogP) is 3.16. The summed E-state index contributed by atoms with van der Waals surface area (Å²) in [4.78, 5) is 11.3. The molecule has 2 rings (SSSR count). The van der Waals surface area contributed by atoms with Crippen LogP contribution >= 0.6 is 11.6 Å². The summed E-state index contributed by atoms with van der Waals surface area (Å²) in [6.07, 6.45) is 0. The van der Waals surface area contributed by atoms with Crippen LogP contribution in [0.1, 0.15) is 13.8 Å². The van der Waals surface area contributed by atoms with Crippen molar-refractivity contribution < 1.29 is 31.9 Å². The van der Waals surface area contributed by atoms with E-state index in [4.69, 9.17) is 20.8 Å². The van der Waals surface area contributed by atoms with Crippen LogP contribution in [0.4, 0.5) is 10.3 Å². The summed E-state index contributed by atoms with van der Waals surface area (Å²) >= 11 is 5.83. The zero-order chi connectivity index (χ0) is 18.9.